The number of carbonyl (C=O) groups excluding carboxylic acids is 1. The van der Waals surface area contributed by atoms with Crippen molar-refractivity contribution < 1.29 is 9.53 Å². The molecule has 0 aromatic heterocycles. The third-order valence-electron chi connectivity index (χ3n) is 2.57. The van der Waals surface area contributed by atoms with Gasteiger partial charge in [0.05, 0.1) is 19.6 Å². The Morgan fingerprint density at radius 3 is 2.69 bits per heavy atom. The van der Waals surface area contributed by atoms with Gasteiger partial charge in [-0.1, -0.05) is 20.8 Å². The normalized spacial score (nSPS) is 21.5. The lowest BCUT2D eigenvalue weighted by Gasteiger charge is -2.19. The quantitative estimate of drug-likeness (QED) is 0.730. The van der Waals surface area contributed by atoms with Gasteiger partial charge in [0.2, 0.25) is 5.91 Å². The van der Waals surface area contributed by atoms with Gasteiger partial charge in [0.1, 0.15) is 0 Å². The molecule has 0 aliphatic carbocycles. The van der Waals surface area contributed by atoms with Crippen molar-refractivity contribution in [2.45, 2.75) is 39.7 Å². The van der Waals surface area contributed by atoms with Crippen LogP contribution in [0.5, 0.6) is 0 Å². The molecular formula is C12H24N2O2. The van der Waals surface area contributed by atoms with E-state index in [1.807, 2.05) is 4.90 Å². The minimum atomic E-state index is 0.166. The van der Waals surface area contributed by atoms with Crippen LogP contribution in [0.15, 0.2) is 0 Å². The van der Waals surface area contributed by atoms with Crippen LogP contribution in [0.25, 0.3) is 0 Å². The molecule has 94 valence electrons. The fraction of sp³-hybridized carbons (Fsp3) is 0.917. The van der Waals surface area contributed by atoms with Gasteiger partial charge in [0.15, 0.2) is 0 Å². The SMILES string of the molecule is CC(C)(C)COCCC(=O)N1CC[C@@H](N)C1. The zero-order valence-electron chi connectivity index (χ0n) is 10.7. The molecule has 0 unspecified atom stereocenters. The minimum absolute atomic E-state index is 0.166. The van der Waals surface area contributed by atoms with E-state index in [9.17, 15) is 4.79 Å². The summed E-state index contributed by atoms with van der Waals surface area (Å²) < 4.78 is 5.48. The van der Waals surface area contributed by atoms with Crippen LogP contribution in [0.1, 0.15) is 33.6 Å². The van der Waals surface area contributed by atoms with Gasteiger partial charge in [-0.3, -0.25) is 4.79 Å². The third kappa shape index (κ3) is 4.94. The number of nitrogens with zero attached hydrogens (tertiary/aromatic N) is 1. The van der Waals surface area contributed by atoms with Gasteiger partial charge in [-0.25, -0.2) is 0 Å². The molecule has 1 saturated heterocycles. The summed E-state index contributed by atoms with van der Waals surface area (Å²) >= 11 is 0. The zero-order chi connectivity index (χ0) is 12.2. The summed E-state index contributed by atoms with van der Waals surface area (Å²) in [6, 6.07) is 0.166. The molecule has 0 aromatic rings. The second kappa shape index (κ2) is 5.64. The molecular weight excluding hydrogens is 204 g/mol. The van der Waals surface area contributed by atoms with Gasteiger partial charge in [-0.15, -0.1) is 0 Å². The number of hydrogen-bond acceptors (Lipinski definition) is 3. The molecule has 4 heteroatoms. The van der Waals surface area contributed by atoms with Gasteiger partial charge in [-0.2, -0.15) is 0 Å². The van der Waals surface area contributed by atoms with Gasteiger partial charge < -0.3 is 15.4 Å². The Labute approximate surface area is 98.1 Å². The second-order valence-electron chi connectivity index (χ2n) is 5.75. The predicted octanol–water partition coefficient (Wildman–Crippen LogP) is 0.999. The van der Waals surface area contributed by atoms with E-state index in [1.54, 1.807) is 0 Å². The lowest BCUT2D eigenvalue weighted by atomic mass is 9.99. The summed E-state index contributed by atoms with van der Waals surface area (Å²) in [6.45, 7) is 9.08. The van der Waals surface area contributed by atoms with Crippen LogP contribution in [0.3, 0.4) is 0 Å². The predicted molar refractivity (Wildman–Crippen MR) is 64.1 cm³/mol. The number of amides is 1. The zero-order valence-corrected chi connectivity index (χ0v) is 10.7. The van der Waals surface area contributed by atoms with Crippen molar-refractivity contribution in [3.05, 3.63) is 0 Å². The lowest BCUT2D eigenvalue weighted by molar-refractivity contribution is -0.131. The van der Waals surface area contributed by atoms with Crippen LogP contribution in [0.4, 0.5) is 0 Å². The molecule has 1 heterocycles. The molecule has 1 amide bonds. The van der Waals surface area contributed by atoms with Gasteiger partial charge in [-0.05, 0) is 11.8 Å². The average Bonchev–Trinajstić information content (AvgIpc) is 2.57. The highest BCUT2D eigenvalue weighted by Crippen LogP contribution is 2.13. The Hall–Kier alpha value is -0.610. The van der Waals surface area contributed by atoms with Crippen molar-refractivity contribution in [1.82, 2.24) is 4.90 Å². The first-order valence-corrected chi connectivity index (χ1v) is 5.99. The van der Waals surface area contributed by atoms with E-state index >= 15 is 0 Å². The van der Waals surface area contributed by atoms with Crippen molar-refractivity contribution in [2.24, 2.45) is 11.1 Å². The van der Waals surface area contributed by atoms with E-state index in [-0.39, 0.29) is 17.4 Å². The Kier molecular flexibility index (Phi) is 4.74. The first kappa shape index (κ1) is 13.5. The topological polar surface area (TPSA) is 55.6 Å². The van der Waals surface area contributed by atoms with Crippen molar-refractivity contribution in [2.75, 3.05) is 26.3 Å². The Morgan fingerprint density at radius 2 is 2.19 bits per heavy atom. The molecule has 0 bridgehead atoms. The van der Waals surface area contributed by atoms with Crippen LogP contribution in [0, 0.1) is 5.41 Å². The fourth-order valence-corrected chi connectivity index (χ4v) is 1.71. The standard InChI is InChI=1S/C12H24N2O2/c1-12(2,3)9-16-7-5-11(15)14-6-4-10(13)8-14/h10H,4-9,13H2,1-3H3/t10-/m1/s1. The minimum Gasteiger partial charge on any atom is -0.380 e. The maximum Gasteiger partial charge on any atom is 0.224 e. The number of rotatable bonds is 4. The molecule has 1 aliphatic rings. The molecule has 1 atom stereocenters. The van der Waals surface area contributed by atoms with Gasteiger partial charge in [0, 0.05) is 19.1 Å². The van der Waals surface area contributed by atoms with Gasteiger partial charge >= 0.3 is 0 Å². The maximum absolute atomic E-state index is 11.7. The fourth-order valence-electron chi connectivity index (χ4n) is 1.71. The third-order valence-corrected chi connectivity index (χ3v) is 2.57. The molecule has 2 N–H and O–H groups in total. The van der Waals surface area contributed by atoms with Crippen molar-refractivity contribution >= 4 is 5.91 Å². The Morgan fingerprint density at radius 1 is 1.50 bits per heavy atom. The van der Waals surface area contributed by atoms with E-state index in [4.69, 9.17) is 10.5 Å². The largest absolute Gasteiger partial charge is 0.380 e. The number of carbonyl (C=O) groups is 1. The molecule has 0 radical (unpaired) electrons. The highest BCUT2D eigenvalue weighted by molar-refractivity contribution is 5.76. The number of hydrogen-bond donors (Lipinski definition) is 1. The highest BCUT2D eigenvalue weighted by Gasteiger charge is 2.23. The van der Waals surface area contributed by atoms with Crippen LogP contribution >= 0.6 is 0 Å². The van der Waals surface area contributed by atoms with Crippen LogP contribution in [0.2, 0.25) is 0 Å². The summed E-state index contributed by atoms with van der Waals surface area (Å²) in [5.41, 5.74) is 5.92. The molecule has 4 nitrogen and oxygen atoms in total. The van der Waals surface area contributed by atoms with E-state index in [2.05, 4.69) is 20.8 Å². The van der Waals surface area contributed by atoms with Crippen LogP contribution in [-0.2, 0) is 9.53 Å². The lowest BCUT2D eigenvalue weighted by Crippen LogP contribution is -2.32. The van der Waals surface area contributed by atoms with Crippen molar-refractivity contribution in [1.29, 1.82) is 0 Å². The Balaban J connectivity index is 2.11. The van der Waals surface area contributed by atoms with E-state index in [0.717, 1.165) is 13.0 Å². The number of nitrogens with two attached hydrogens (primary N) is 1. The maximum atomic E-state index is 11.7. The first-order chi connectivity index (χ1) is 7.38. The smallest absolute Gasteiger partial charge is 0.224 e. The molecule has 0 aromatic carbocycles. The van der Waals surface area contributed by atoms with Gasteiger partial charge in [0.25, 0.3) is 0 Å². The van der Waals surface area contributed by atoms with Crippen molar-refractivity contribution in [3.63, 3.8) is 0 Å². The van der Waals surface area contributed by atoms with Crippen molar-refractivity contribution in [3.8, 4) is 0 Å². The molecule has 16 heavy (non-hydrogen) atoms. The van der Waals surface area contributed by atoms with E-state index in [0.29, 0.717) is 26.2 Å². The highest BCUT2D eigenvalue weighted by atomic mass is 16.5. The average molecular weight is 228 g/mol. The Bertz CT molecular complexity index is 236. The van der Waals surface area contributed by atoms with E-state index in [1.165, 1.54) is 0 Å². The summed E-state index contributed by atoms with van der Waals surface area (Å²) in [4.78, 5) is 13.5. The summed E-state index contributed by atoms with van der Waals surface area (Å²) in [5.74, 6) is 0.168. The molecule has 1 aliphatic heterocycles. The molecule has 1 fully saturated rings. The first-order valence-electron chi connectivity index (χ1n) is 5.99. The van der Waals surface area contributed by atoms with Crippen LogP contribution in [-0.4, -0.2) is 43.2 Å². The summed E-state index contributed by atoms with van der Waals surface area (Å²) in [7, 11) is 0. The summed E-state index contributed by atoms with van der Waals surface area (Å²) in [6.07, 6.45) is 1.40. The monoisotopic (exact) mass is 228 g/mol. The summed E-state index contributed by atoms with van der Waals surface area (Å²) in [5, 5.41) is 0. The number of ether oxygens (including phenoxy) is 1. The van der Waals surface area contributed by atoms with E-state index < -0.39 is 0 Å². The second-order valence-corrected chi connectivity index (χ2v) is 5.75. The molecule has 0 spiro atoms. The number of likely N-dealkylation sites (tertiary alicyclic amines) is 1. The van der Waals surface area contributed by atoms with Crippen LogP contribution < -0.4 is 5.73 Å². The molecule has 1 rings (SSSR count). The molecule has 0 saturated carbocycles.